The minimum absolute atomic E-state index is 0.0535. The summed E-state index contributed by atoms with van der Waals surface area (Å²) in [6, 6.07) is 15.5. The van der Waals surface area contributed by atoms with E-state index in [9.17, 15) is 13.6 Å². The maximum atomic E-state index is 13.3. The first-order valence-corrected chi connectivity index (χ1v) is 11.4. The summed E-state index contributed by atoms with van der Waals surface area (Å²) in [4.78, 5) is 17.1. The monoisotopic (exact) mass is 507 g/mol. The first-order chi connectivity index (χ1) is 17.8. The molecule has 12 heteroatoms. The minimum atomic E-state index is -3.70. The zero-order valence-corrected chi connectivity index (χ0v) is 19.7. The molecule has 1 unspecified atom stereocenters. The fourth-order valence-electron chi connectivity index (χ4n) is 3.84. The van der Waals surface area contributed by atoms with Gasteiger partial charge in [0.05, 0.1) is 11.9 Å². The largest absolute Gasteiger partial charge is 0.586 e. The van der Waals surface area contributed by atoms with Crippen LogP contribution in [0.2, 0.25) is 0 Å². The number of hydrogen-bond donors (Lipinski definition) is 3. The molecule has 1 amide bonds. The molecule has 0 saturated heterocycles. The molecule has 2 aromatic carbocycles. The number of nitrogens with one attached hydrogen (secondary N) is 2. The second-order valence-corrected chi connectivity index (χ2v) is 8.45. The van der Waals surface area contributed by atoms with E-state index in [4.69, 9.17) is 5.73 Å². The van der Waals surface area contributed by atoms with Crippen LogP contribution in [0.15, 0.2) is 67.0 Å². The number of amides is 1. The molecule has 0 radical (unpaired) electrons. The van der Waals surface area contributed by atoms with Crippen LogP contribution in [-0.4, -0.2) is 44.8 Å². The number of aromatic nitrogens is 4. The van der Waals surface area contributed by atoms with Gasteiger partial charge in [-0.25, -0.2) is 9.67 Å². The Morgan fingerprint density at radius 2 is 1.92 bits per heavy atom. The number of fused-ring (bicyclic) bond motifs is 1. The van der Waals surface area contributed by atoms with Crippen LogP contribution in [-0.2, 0) is 6.42 Å². The Morgan fingerprint density at radius 1 is 1.14 bits per heavy atom. The van der Waals surface area contributed by atoms with Gasteiger partial charge < -0.3 is 25.8 Å². The quantitative estimate of drug-likeness (QED) is 0.331. The Hall–Kier alpha value is -4.58. The molecule has 4 aromatic rings. The first-order valence-electron chi connectivity index (χ1n) is 11.4. The second-order valence-electron chi connectivity index (χ2n) is 8.45. The highest BCUT2D eigenvalue weighted by Crippen LogP contribution is 2.42. The number of nitrogens with zero attached hydrogens (tertiary/aromatic N) is 4. The van der Waals surface area contributed by atoms with Gasteiger partial charge in [-0.05, 0) is 36.6 Å². The van der Waals surface area contributed by atoms with Gasteiger partial charge in [0.1, 0.15) is 5.82 Å². The van der Waals surface area contributed by atoms with Gasteiger partial charge in [0.15, 0.2) is 17.2 Å². The van der Waals surface area contributed by atoms with Gasteiger partial charge in [0, 0.05) is 36.6 Å². The number of halogens is 2. The molecule has 190 valence electrons. The third kappa shape index (κ3) is 5.48. The summed E-state index contributed by atoms with van der Waals surface area (Å²) >= 11 is 0. The number of anilines is 2. The van der Waals surface area contributed by atoms with Crippen LogP contribution in [0, 0.1) is 6.92 Å². The number of nitrogens with two attached hydrogens (primary N) is 1. The molecule has 1 aliphatic rings. The molecule has 0 aliphatic carbocycles. The van der Waals surface area contributed by atoms with Crippen molar-refractivity contribution in [2.75, 3.05) is 11.9 Å². The van der Waals surface area contributed by atoms with E-state index in [1.54, 1.807) is 18.3 Å². The average molecular weight is 508 g/mol. The van der Waals surface area contributed by atoms with Crippen molar-refractivity contribution in [3.63, 3.8) is 0 Å². The SMILES string of the molecule is Cc1cnc(Nc2ccc3c(c2)OC(F)(F)O3)cc1-n1cc(C(=O)NC(CN)Cc2ccccc2)nn1. The van der Waals surface area contributed by atoms with Crippen molar-refractivity contribution >= 4 is 17.4 Å². The van der Waals surface area contributed by atoms with E-state index in [-0.39, 0.29) is 35.7 Å². The lowest BCUT2D eigenvalue weighted by Crippen LogP contribution is -2.41. The van der Waals surface area contributed by atoms with Crippen molar-refractivity contribution in [3.05, 3.63) is 83.8 Å². The van der Waals surface area contributed by atoms with Crippen LogP contribution in [0.4, 0.5) is 20.3 Å². The molecule has 0 spiro atoms. The minimum Gasteiger partial charge on any atom is -0.395 e. The van der Waals surface area contributed by atoms with Crippen LogP contribution < -0.4 is 25.8 Å². The number of benzene rings is 2. The van der Waals surface area contributed by atoms with Crippen molar-refractivity contribution in [1.82, 2.24) is 25.3 Å². The van der Waals surface area contributed by atoms with Gasteiger partial charge in [-0.3, -0.25) is 4.79 Å². The molecular weight excluding hydrogens is 484 g/mol. The third-order valence-electron chi connectivity index (χ3n) is 5.67. The lowest BCUT2D eigenvalue weighted by atomic mass is 10.1. The molecule has 0 fully saturated rings. The molecule has 3 heterocycles. The molecule has 10 nitrogen and oxygen atoms in total. The Bertz CT molecular complexity index is 1430. The molecule has 0 saturated carbocycles. The van der Waals surface area contributed by atoms with Gasteiger partial charge in [-0.1, -0.05) is 35.5 Å². The Morgan fingerprint density at radius 3 is 2.70 bits per heavy atom. The van der Waals surface area contributed by atoms with E-state index >= 15 is 0 Å². The normalized spacial score (nSPS) is 14.3. The first kappa shape index (κ1) is 24.1. The summed E-state index contributed by atoms with van der Waals surface area (Å²) in [5.41, 5.74) is 8.92. The number of carbonyl (C=O) groups excluding carboxylic acids is 1. The predicted octanol–water partition coefficient (Wildman–Crippen LogP) is 3.34. The van der Waals surface area contributed by atoms with Gasteiger partial charge in [-0.2, -0.15) is 0 Å². The van der Waals surface area contributed by atoms with Gasteiger partial charge in [0.25, 0.3) is 5.91 Å². The highest BCUT2D eigenvalue weighted by Gasteiger charge is 2.43. The number of pyridine rings is 1. The van der Waals surface area contributed by atoms with Crippen LogP contribution in [0.5, 0.6) is 11.5 Å². The number of alkyl halides is 2. The molecule has 1 aliphatic heterocycles. The fraction of sp³-hybridized carbons (Fsp3) is 0.200. The van der Waals surface area contributed by atoms with Crippen LogP contribution in [0.25, 0.3) is 5.69 Å². The molecule has 5 rings (SSSR count). The lowest BCUT2D eigenvalue weighted by Gasteiger charge is -2.16. The van der Waals surface area contributed by atoms with Crippen LogP contribution >= 0.6 is 0 Å². The van der Waals surface area contributed by atoms with Crippen molar-refractivity contribution in [2.45, 2.75) is 25.7 Å². The molecule has 1 atom stereocenters. The smallest absolute Gasteiger partial charge is 0.395 e. The van der Waals surface area contributed by atoms with E-state index in [1.165, 1.54) is 23.0 Å². The number of aryl methyl sites for hydroxylation is 1. The molecule has 37 heavy (non-hydrogen) atoms. The topological polar surface area (TPSA) is 129 Å². The molecule has 2 aromatic heterocycles. The molecule has 0 bridgehead atoms. The zero-order chi connectivity index (χ0) is 26.0. The van der Waals surface area contributed by atoms with Crippen molar-refractivity contribution < 1.29 is 23.0 Å². The van der Waals surface area contributed by atoms with Gasteiger partial charge in [-0.15, -0.1) is 13.9 Å². The lowest BCUT2D eigenvalue weighted by molar-refractivity contribution is -0.286. The number of rotatable bonds is 8. The van der Waals surface area contributed by atoms with Gasteiger partial charge in [0.2, 0.25) is 0 Å². The van der Waals surface area contributed by atoms with E-state index in [1.807, 2.05) is 37.3 Å². The Labute approximate surface area is 210 Å². The van der Waals surface area contributed by atoms with Gasteiger partial charge >= 0.3 is 6.29 Å². The number of hydrogen-bond acceptors (Lipinski definition) is 8. The Kier molecular flexibility index (Phi) is 6.40. The molecular formula is C25H23F2N7O3. The van der Waals surface area contributed by atoms with Crippen LogP contribution in [0.1, 0.15) is 21.6 Å². The van der Waals surface area contributed by atoms with E-state index in [0.29, 0.717) is 23.6 Å². The summed E-state index contributed by atoms with van der Waals surface area (Å²) in [6.45, 7) is 2.10. The maximum Gasteiger partial charge on any atom is 0.586 e. The highest BCUT2D eigenvalue weighted by atomic mass is 19.3. The summed E-state index contributed by atoms with van der Waals surface area (Å²) in [5.74, 6) is -0.113. The maximum absolute atomic E-state index is 13.3. The second kappa shape index (κ2) is 9.82. The standard InChI is InChI=1S/C25H23F2N7O3/c1-15-13-29-23(30-17-7-8-21-22(10-17)37-25(26,27)36-21)11-20(15)34-14-19(32-33-34)24(35)31-18(12-28)9-16-5-3-2-4-6-16/h2-8,10-11,13-14,18H,9,12,28H2,1H3,(H,29,30)(H,31,35). The third-order valence-corrected chi connectivity index (χ3v) is 5.67. The van der Waals surface area contributed by atoms with E-state index in [0.717, 1.165) is 11.1 Å². The molecule has 4 N–H and O–H groups in total. The van der Waals surface area contributed by atoms with Crippen molar-refractivity contribution in [1.29, 1.82) is 0 Å². The Balaban J connectivity index is 1.29. The summed E-state index contributed by atoms with van der Waals surface area (Å²) in [7, 11) is 0. The highest BCUT2D eigenvalue weighted by molar-refractivity contribution is 5.92. The van der Waals surface area contributed by atoms with Crippen molar-refractivity contribution in [2.24, 2.45) is 5.73 Å². The average Bonchev–Trinajstić information content (AvgIpc) is 3.48. The summed E-state index contributed by atoms with van der Waals surface area (Å²) in [6.07, 6.45) is 0.0248. The fourth-order valence-corrected chi connectivity index (χ4v) is 3.84. The zero-order valence-electron chi connectivity index (χ0n) is 19.7. The number of carbonyl (C=O) groups is 1. The van der Waals surface area contributed by atoms with Crippen LogP contribution in [0.3, 0.4) is 0 Å². The summed E-state index contributed by atoms with van der Waals surface area (Å²) in [5, 5.41) is 14.0. The predicted molar refractivity (Wildman–Crippen MR) is 130 cm³/mol. The summed E-state index contributed by atoms with van der Waals surface area (Å²) < 4.78 is 37.0. The van der Waals surface area contributed by atoms with Crippen molar-refractivity contribution in [3.8, 4) is 17.2 Å². The van der Waals surface area contributed by atoms with E-state index in [2.05, 4.69) is 35.4 Å². The van der Waals surface area contributed by atoms with E-state index < -0.39 is 6.29 Å². The number of ether oxygens (including phenoxy) is 2.